The van der Waals surface area contributed by atoms with E-state index in [1.807, 2.05) is 60.3 Å². The van der Waals surface area contributed by atoms with E-state index in [4.69, 9.17) is 5.73 Å². The zero-order valence-electron chi connectivity index (χ0n) is 12.8. The summed E-state index contributed by atoms with van der Waals surface area (Å²) in [6.07, 6.45) is 1.71. The minimum atomic E-state index is 0.388. The predicted molar refractivity (Wildman–Crippen MR) is 97.4 cm³/mol. The largest absolute Gasteiger partial charge is 0.382 e. The number of para-hydroxylation sites is 1. The van der Waals surface area contributed by atoms with Gasteiger partial charge in [0.15, 0.2) is 5.84 Å². The lowest BCUT2D eigenvalue weighted by atomic mass is 10.3. The van der Waals surface area contributed by atoms with E-state index in [-0.39, 0.29) is 0 Å². The maximum Gasteiger partial charge on any atom is 0.227 e. The number of hydrogen-bond donors (Lipinski definition) is 1. The standard InChI is InChI=1S/C17H19N5S/c18-16(15-8-4-5-9-19-15)21-17(22-10-12-23-13-11-22)20-14-6-2-1-3-7-14/h1-9H,10-13H2,(H2,18,20,21). The molecule has 5 nitrogen and oxygen atoms in total. The van der Waals surface area contributed by atoms with E-state index in [1.54, 1.807) is 6.20 Å². The molecule has 1 aromatic carbocycles. The lowest BCUT2D eigenvalue weighted by molar-refractivity contribution is 0.458. The number of guanidine groups is 1. The first-order chi connectivity index (χ1) is 11.3. The van der Waals surface area contributed by atoms with Crippen molar-refractivity contribution in [2.75, 3.05) is 24.6 Å². The van der Waals surface area contributed by atoms with Gasteiger partial charge in [0.1, 0.15) is 5.69 Å². The Morgan fingerprint density at radius 1 is 1.04 bits per heavy atom. The van der Waals surface area contributed by atoms with E-state index in [0.717, 1.165) is 30.3 Å². The van der Waals surface area contributed by atoms with E-state index < -0.39 is 0 Å². The molecule has 0 spiro atoms. The van der Waals surface area contributed by atoms with Gasteiger partial charge in [-0.05, 0) is 24.3 Å². The SMILES string of the molecule is N/C(=N/C(=Nc1ccccc1)N1CCSCC1)c1ccccn1. The minimum Gasteiger partial charge on any atom is -0.382 e. The summed E-state index contributed by atoms with van der Waals surface area (Å²) in [5.74, 6) is 3.19. The average molecular weight is 325 g/mol. The second-order valence-corrected chi connectivity index (χ2v) is 6.28. The Kier molecular flexibility index (Phi) is 5.26. The third-order valence-corrected chi connectivity index (χ3v) is 4.37. The molecule has 6 heteroatoms. The van der Waals surface area contributed by atoms with Gasteiger partial charge in [-0.3, -0.25) is 4.98 Å². The molecule has 23 heavy (non-hydrogen) atoms. The van der Waals surface area contributed by atoms with Crippen molar-refractivity contribution < 1.29 is 0 Å². The molecule has 118 valence electrons. The number of aromatic nitrogens is 1. The highest BCUT2D eigenvalue weighted by atomic mass is 32.2. The Morgan fingerprint density at radius 3 is 2.48 bits per heavy atom. The van der Waals surface area contributed by atoms with Crippen molar-refractivity contribution in [2.24, 2.45) is 15.7 Å². The van der Waals surface area contributed by atoms with Crippen LogP contribution in [0.1, 0.15) is 5.69 Å². The van der Waals surface area contributed by atoms with Crippen molar-refractivity contribution in [1.82, 2.24) is 9.88 Å². The fourth-order valence-electron chi connectivity index (χ4n) is 2.23. The molecule has 0 unspecified atom stereocenters. The number of pyridine rings is 1. The lowest BCUT2D eigenvalue weighted by Crippen LogP contribution is -2.38. The molecule has 0 bridgehead atoms. The van der Waals surface area contributed by atoms with Crippen molar-refractivity contribution >= 4 is 29.2 Å². The van der Waals surface area contributed by atoms with E-state index in [0.29, 0.717) is 17.5 Å². The summed E-state index contributed by atoms with van der Waals surface area (Å²) in [6, 6.07) is 15.4. The molecule has 3 rings (SSSR count). The third kappa shape index (κ3) is 4.32. The van der Waals surface area contributed by atoms with Crippen LogP contribution in [-0.4, -0.2) is 46.3 Å². The van der Waals surface area contributed by atoms with E-state index in [9.17, 15) is 0 Å². The first-order valence-corrected chi connectivity index (χ1v) is 8.70. The molecule has 2 heterocycles. The zero-order valence-corrected chi connectivity index (χ0v) is 13.6. The highest BCUT2D eigenvalue weighted by Gasteiger charge is 2.16. The summed E-state index contributed by atoms with van der Waals surface area (Å²) in [4.78, 5) is 15.7. The summed E-state index contributed by atoms with van der Waals surface area (Å²) in [5, 5.41) is 0. The summed E-state index contributed by atoms with van der Waals surface area (Å²) < 4.78 is 0. The molecule has 1 aliphatic rings. The van der Waals surface area contributed by atoms with Crippen LogP contribution in [0.5, 0.6) is 0 Å². The second-order valence-electron chi connectivity index (χ2n) is 5.06. The summed E-state index contributed by atoms with van der Waals surface area (Å²) >= 11 is 1.95. The maximum atomic E-state index is 6.13. The predicted octanol–water partition coefficient (Wildman–Crippen LogP) is 2.52. The zero-order chi connectivity index (χ0) is 15.9. The van der Waals surface area contributed by atoms with Gasteiger partial charge < -0.3 is 10.6 Å². The molecular formula is C17H19N5S. The third-order valence-electron chi connectivity index (χ3n) is 3.43. The van der Waals surface area contributed by atoms with Crippen LogP contribution in [0.2, 0.25) is 0 Å². The van der Waals surface area contributed by atoms with Crippen LogP contribution < -0.4 is 5.73 Å². The molecule has 1 saturated heterocycles. The van der Waals surface area contributed by atoms with Gasteiger partial charge >= 0.3 is 0 Å². The van der Waals surface area contributed by atoms with Crippen LogP contribution in [0.4, 0.5) is 5.69 Å². The van der Waals surface area contributed by atoms with Gasteiger partial charge in [-0.1, -0.05) is 24.3 Å². The Hall–Kier alpha value is -2.34. The van der Waals surface area contributed by atoms with Gasteiger partial charge in [0.2, 0.25) is 5.96 Å². The monoisotopic (exact) mass is 325 g/mol. The van der Waals surface area contributed by atoms with Crippen LogP contribution in [0.25, 0.3) is 0 Å². The van der Waals surface area contributed by atoms with E-state index in [2.05, 4.69) is 19.9 Å². The average Bonchev–Trinajstić information content (AvgIpc) is 2.63. The van der Waals surface area contributed by atoms with Crippen LogP contribution >= 0.6 is 11.8 Å². The Morgan fingerprint density at radius 2 is 1.78 bits per heavy atom. The van der Waals surface area contributed by atoms with E-state index in [1.165, 1.54) is 0 Å². The van der Waals surface area contributed by atoms with Gasteiger partial charge in [0.25, 0.3) is 0 Å². The second kappa shape index (κ2) is 7.78. The Labute approximate surface area is 140 Å². The molecular weight excluding hydrogens is 306 g/mol. The van der Waals surface area contributed by atoms with Gasteiger partial charge in [0, 0.05) is 30.8 Å². The Bertz CT molecular complexity index is 679. The molecule has 2 N–H and O–H groups in total. The van der Waals surface area contributed by atoms with Crippen molar-refractivity contribution in [2.45, 2.75) is 0 Å². The number of benzene rings is 1. The topological polar surface area (TPSA) is 66.9 Å². The molecule has 1 aromatic heterocycles. The first kappa shape index (κ1) is 15.6. The van der Waals surface area contributed by atoms with E-state index >= 15 is 0 Å². The molecule has 0 amide bonds. The Balaban J connectivity index is 1.93. The maximum absolute atomic E-state index is 6.13. The van der Waals surface area contributed by atoms with Crippen molar-refractivity contribution in [1.29, 1.82) is 0 Å². The van der Waals surface area contributed by atoms with Crippen LogP contribution in [0.15, 0.2) is 64.7 Å². The molecule has 0 aliphatic carbocycles. The number of rotatable bonds is 2. The van der Waals surface area contributed by atoms with Gasteiger partial charge in [-0.2, -0.15) is 16.8 Å². The smallest absolute Gasteiger partial charge is 0.227 e. The molecule has 2 aromatic rings. The van der Waals surface area contributed by atoms with Crippen LogP contribution in [0.3, 0.4) is 0 Å². The number of amidine groups is 1. The van der Waals surface area contributed by atoms with Crippen molar-refractivity contribution in [3.8, 4) is 0 Å². The van der Waals surface area contributed by atoms with Crippen LogP contribution in [-0.2, 0) is 0 Å². The summed E-state index contributed by atoms with van der Waals surface area (Å²) in [5.41, 5.74) is 7.67. The molecule has 0 saturated carbocycles. The van der Waals surface area contributed by atoms with Gasteiger partial charge in [-0.25, -0.2) is 4.99 Å². The number of thioether (sulfide) groups is 1. The molecule has 0 radical (unpaired) electrons. The number of nitrogens with zero attached hydrogens (tertiary/aromatic N) is 4. The molecule has 0 atom stereocenters. The molecule has 1 aliphatic heterocycles. The van der Waals surface area contributed by atoms with Crippen LogP contribution in [0, 0.1) is 0 Å². The first-order valence-electron chi connectivity index (χ1n) is 7.55. The lowest BCUT2D eigenvalue weighted by Gasteiger charge is -2.27. The fourth-order valence-corrected chi connectivity index (χ4v) is 3.13. The molecule has 1 fully saturated rings. The van der Waals surface area contributed by atoms with Crippen molar-refractivity contribution in [3.63, 3.8) is 0 Å². The highest BCUT2D eigenvalue weighted by Crippen LogP contribution is 2.15. The summed E-state index contributed by atoms with van der Waals surface area (Å²) in [6.45, 7) is 1.85. The van der Waals surface area contributed by atoms with Crippen molar-refractivity contribution in [3.05, 3.63) is 60.4 Å². The minimum absolute atomic E-state index is 0.388. The summed E-state index contributed by atoms with van der Waals surface area (Å²) in [7, 11) is 0. The van der Waals surface area contributed by atoms with Gasteiger partial charge in [0.05, 0.1) is 5.69 Å². The van der Waals surface area contributed by atoms with Gasteiger partial charge in [-0.15, -0.1) is 0 Å². The normalized spacial score (nSPS) is 16.4. The highest BCUT2D eigenvalue weighted by molar-refractivity contribution is 7.99. The number of aliphatic imine (C=N–C) groups is 2. The quantitative estimate of drug-likeness (QED) is 0.680. The number of hydrogen-bond acceptors (Lipinski definition) is 3. The fraction of sp³-hybridized carbons (Fsp3) is 0.235. The number of nitrogens with two attached hydrogens (primary N) is 1.